The normalized spacial score (nSPS) is 12.4. The molecule has 0 aromatic heterocycles. The zero-order valence-electron chi connectivity index (χ0n) is 9.25. The van der Waals surface area contributed by atoms with Gasteiger partial charge in [0.1, 0.15) is 11.5 Å². The van der Waals surface area contributed by atoms with Gasteiger partial charge in [-0.15, -0.1) is 11.6 Å². The Morgan fingerprint density at radius 3 is 2.53 bits per heavy atom. The van der Waals surface area contributed by atoms with Crippen LogP contribution in [0.15, 0.2) is 18.2 Å². The predicted octanol–water partition coefficient (Wildman–Crippen LogP) is 3.11. The van der Waals surface area contributed by atoms with Crippen molar-refractivity contribution in [1.29, 1.82) is 0 Å². The van der Waals surface area contributed by atoms with E-state index in [4.69, 9.17) is 16.3 Å². The number of hydrogen-bond donors (Lipinski definition) is 0. The Morgan fingerprint density at radius 1 is 1.41 bits per heavy atom. The monoisotopic (exact) mass is 264 g/mol. The number of ether oxygens (including phenoxy) is 2. The summed E-state index contributed by atoms with van der Waals surface area (Å²) in [6.07, 6.45) is 0. The molecule has 0 heterocycles. The van der Waals surface area contributed by atoms with Gasteiger partial charge in [0.15, 0.2) is 5.78 Å². The molecule has 0 fully saturated rings. The summed E-state index contributed by atoms with van der Waals surface area (Å²) < 4.78 is 33.5. The van der Waals surface area contributed by atoms with Gasteiger partial charge in [-0.25, -0.2) is 0 Å². The summed E-state index contributed by atoms with van der Waals surface area (Å²) in [6, 6.07) is 3.99. The van der Waals surface area contributed by atoms with Crippen LogP contribution in [0.3, 0.4) is 0 Å². The van der Waals surface area contributed by atoms with Crippen molar-refractivity contribution in [2.24, 2.45) is 0 Å². The molecule has 0 N–H and O–H groups in total. The average Bonchev–Trinajstić information content (AvgIpc) is 2.27. The first-order valence-corrected chi connectivity index (χ1v) is 5.20. The van der Waals surface area contributed by atoms with Gasteiger partial charge in [-0.3, -0.25) is 4.79 Å². The Hall–Kier alpha value is -1.36. The van der Waals surface area contributed by atoms with E-state index in [0.29, 0.717) is 5.75 Å². The molecule has 0 aliphatic carbocycles. The van der Waals surface area contributed by atoms with Gasteiger partial charge in [0, 0.05) is 0 Å². The number of carbonyl (C=O) groups excluding carboxylic acids is 1. The molecular formula is C11H11ClF2O3. The van der Waals surface area contributed by atoms with Crippen LogP contribution in [0.25, 0.3) is 0 Å². The van der Waals surface area contributed by atoms with Crippen molar-refractivity contribution in [3.63, 3.8) is 0 Å². The van der Waals surface area contributed by atoms with E-state index in [1.54, 1.807) is 0 Å². The van der Waals surface area contributed by atoms with E-state index in [1.807, 2.05) is 0 Å². The van der Waals surface area contributed by atoms with Gasteiger partial charge >= 0.3 is 6.61 Å². The van der Waals surface area contributed by atoms with E-state index in [-0.39, 0.29) is 11.3 Å². The van der Waals surface area contributed by atoms with E-state index in [2.05, 4.69) is 4.74 Å². The Morgan fingerprint density at radius 2 is 2.06 bits per heavy atom. The highest BCUT2D eigenvalue weighted by Gasteiger charge is 2.20. The van der Waals surface area contributed by atoms with Crippen molar-refractivity contribution < 1.29 is 23.0 Å². The van der Waals surface area contributed by atoms with Gasteiger partial charge in [0.2, 0.25) is 0 Å². The largest absolute Gasteiger partial charge is 0.497 e. The van der Waals surface area contributed by atoms with Crippen LogP contribution in [0.4, 0.5) is 8.78 Å². The molecule has 0 saturated heterocycles. The zero-order chi connectivity index (χ0) is 13.0. The number of ketones is 1. The minimum Gasteiger partial charge on any atom is -0.497 e. The lowest BCUT2D eigenvalue weighted by Gasteiger charge is -2.12. The molecule has 94 valence electrons. The predicted molar refractivity (Wildman–Crippen MR) is 59.3 cm³/mol. The van der Waals surface area contributed by atoms with Crippen LogP contribution < -0.4 is 9.47 Å². The molecule has 0 saturated carbocycles. The highest BCUT2D eigenvalue weighted by molar-refractivity contribution is 6.34. The molecule has 17 heavy (non-hydrogen) atoms. The van der Waals surface area contributed by atoms with Crippen molar-refractivity contribution in [2.75, 3.05) is 7.11 Å². The summed E-state index contributed by atoms with van der Waals surface area (Å²) in [5.74, 6) is -0.341. The fourth-order valence-corrected chi connectivity index (χ4v) is 1.36. The summed E-state index contributed by atoms with van der Waals surface area (Å²) in [7, 11) is 1.40. The van der Waals surface area contributed by atoms with Crippen LogP contribution in [0.1, 0.15) is 17.3 Å². The van der Waals surface area contributed by atoms with Crippen molar-refractivity contribution >= 4 is 17.4 Å². The van der Waals surface area contributed by atoms with Gasteiger partial charge in [-0.05, 0) is 25.1 Å². The van der Waals surface area contributed by atoms with Gasteiger partial charge in [0.25, 0.3) is 0 Å². The Bertz CT molecular complexity index is 408. The number of Topliss-reactive ketones (excluding diaryl/α,β-unsaturated/α-hetero) is 1. The number of alkyl halides is 3. The van der Waals surface area contributed by atoms with Crippen LogP contribution in [0.2, 0.25) is 0 Å². The lowest BCUT2D eigenvalue weighted by Crippen LogP contribution is -2.14. The second-order valence-corrected chi connectivity index (χ2v) is 3.88. The molecule has 1 aromatic rings. The highest BCUT2D eigenvalue weighted by Crippen LogP contribution is 2.27. The molecule has 1 rings (SSSR count). The van der Waals surface area contributed by atoms with Gasteiger partial charge in [-0.1, -0.05) is 0 Å². The zero-order valence-corrected chi connectivity index (χ0v) is 10.0. The molecule has 0 radical (unpaired) electrons. The Labute approximate surface area is 102 Å². The molecule has 6 heteroatoms. The van der Waals surface area contributed by atoms with Crippen LogP contribution in [0, 0.1) is 0 Å². The van der Waals surface area contributed by atoms with E-state index in [0.717, 1.165) is 0 Å². The third kappa shape index (κ3) is 3.56. The smallest absolute Gasteiger partial charge is 0.387 e. The van der Waals surface area contributed by atoms with Crippen LogP contribution in [0.5, 0.6) is 11.5 Å². The first kappa shape index (κ1) is 13.7. The first-order chi connectivity index (χ1) is 7.95. The SMILES string of the molecule is COc1ccc(OC(F)F)c(C(=O)C(C)Cl)c1. The van der Waals surface area contributed by atoms with E-state index in [1.165, 1.54) is 32.2 Å². The number of halogens is 3. The highest BCUT2D eigenvalue weighted by atomic mass is 35.5. The Balaban J connectivity index is 3.16. The molecular weight excluding hydrogens is 254 g/mol. The van der Waals surface area contributed by atoms with E-state index < -0.39 is 17.8 Å². The maximum atomic E-state index is 12.1. The van der Waals surface area contributed by atoms with Crippen molar-refractivity contribution in [3.8, 4) is 11.5 Å². The summed E-state index contributed by atoms with van der Waals surface area (Å²) in [5.41, 5.74) is -0.0212. The number of hydrogen-bond acceptors (Lipinski definition) is 3. The van der Waals surface area contributed by atoms with E-state index >= 15 is 0 Å². The maximum absolute atomic E-state index is 12.1. The third-order valence-electron chi connectivity index (χ3n) is 2.03. The third-order valence-corrected chi connectivity index (χ3v) is 2.23. The average molecular weight is 265 g/mol. The summed E-state index contributed by atoms with van der Waals surface area (Å²) in [5, 5.41) is -0.831. The fraction of sp³-hybridized carbons (Fsp3) is 0.364. The summed E-state index contributed by atoms with van der Waals surface area (Å²) >= 11 is 5.63. The summed E-state index contributed by atoms with van der Waals surface area (Å²) in [6.45, 7) is -1.55. The molecule has 1 atom stereocenters. The minimum atomic E-state index is -3.00. The number of rotatable bonds is 5. The number of benzene rings is 1. The van der Waals surface area contributed by atoms with Crippen LogP contribution in [-0.4, -0.2) is 24.9 Å². The number of methoxy groups -OCH3 is 1. The molecule has 1 unspecified atom stereocenters. The second-order valence-electron chi connectivity index (χ2n) is 3.22. The number of carbonyl (C=O) groups is 1. The molecule has 0 spiro atoms. The fourth-order valence-electron chi connectivity index (χ4n) is 1.24. The van der Waals surface area contributed by atoms with Crippen molar-refractivity contribution in [1.82, 2.24) is 0 Å². The van der Waals surface area contributed by atoms with Crippen molar-refractivity contribution in [2.45, 2.75) is 18.9 Å². The summed E-state index contributed by atoms with van der Waals surface area (Å²) in [4.78, 5) is 11.7. The van der Waals surface area contributed by atoms with Gasteiger partial charge in [-0.2, -0.15) is 8.78 Å². The molecule has 0 amide bonds. The molecule has 0 aliphatic rings. The standard InChI is InChI=1S/C11H11ClF2O3/c1-6(12)10(15)8-5-7(16-2)3-4-9(8)17-11(13)14/h3-6,11H,1-2H3. The lowest BCUT2D eigenvalue weighted by molar-refractivity contribution is -0.0501. The van der Waals surface area contributed by atoms with Crippen molar-refractivity contribution in [3.05, 3.63) is 23.8 Å². The van der Waals surface area contributed by atoms with Crippen LogP contribution in [-0.2, 0) is 0 Å². The lowest BCUT2D eigenvalue weighted by atomic mass is 10.1. The maximum Gasteiger partial charge on any atom is 0.387 e. The topological polar surface area (TPSA) is 35.5 Å². The molecule has 3 nitrogen and oxygen atoms in total. The van der Waals surface area contributed by atoms with Gasteiger partial charge in [0.05, 0.1) is 18.1 Å². The molecule has 0 aliphatic heterocycles. The quantitative estimate of drug-likeness (QED) is 0.605. The Kier molecular flexibility index (Phi) is 4.69. The van der Waals surface area contributed by atoms with E-state index in [9.17, 15) is 13.6 Å². The second kappa shape index (κ2) is 5.82. The molecule has 1 aromatic carbocycles. The first-order valence-electron chi connectivity index (χ1n) is 4.77. The van der Waals surface area contributed by atoms with Crippen LogP contribution >= 0.6 is 11.6 Å². The molecule has 0 bridgehead atoms. The van der Waals surface area contributed by atoms with Gasteiger partial charge < -0.3 is 9.47 Å². The minimum absolute atomic E-state index is 0.0212.